The molecule has 4 rings (SSSR count). The Morgan fingerprint density at radius 2 is 1.91 bits per heavy atom. The van der Waals surface area contributed by atoms with Crippen LogP contribution in [0.4, 0.5) is 11.4 Å². The van der Waals surface area contributed by atoms with Gasteiger partial charge in [-0.05, 0) is 59.7 Å². The highest BCUT2D eigenvalue weighted by Crippen LogP contribution is 2.31. The molecule has 8 heteroatoms. The summed E-state index contributed by atoms with van der Waals surface area (Å²) in [7, 11) is 0. The van der Waals surface area contributed by atoms with Gasteiger partial charge in [-0.15, -0.1) is 0 Å². The van der Waals surface area contributed by atoms with Gasteiger partial charge >= 0.3 is 0 Å². The minimum Gasteiger partial charge on any atom is -0.489 e. The van der Waals surface area contributed by atoms with E-state index in [0.717, 1.165) is 11.1 Å². The Kier molecular flexibility index (Phi) is 6.32. The van der Waals surface area contributed by atoms with E-state index in [1.54, 1.807) is 19.1 Å². The lowest BCUT2D eigenvalue weighted by Gasteiger charge is -2.07. The lowest BCUT2D eigenvalue weighted by molar-refractivity contribution is -0.384. The number of carbonyl (C=O) groups excluding carboxylic acids is 1. The van der Waals surface area contributed by atoms with Crippen molar-refractivity contribution in [1.82, 2.24) is 5.32 Å². The number of non-ortho nitro benzene ring substituents is 1. The molecule has 0 spiro atoms. The fraction of sp³-hybridized carbons (Fsp3) is 0.0833. The summed E-state index contributed by atoms with van der Waals surface area (Å²) in [4.78, 5) is 27.8. The number of hydrogen-bond acceptors (Lipinski definition) is 6. The molecule has 0 aromatic heterocycles. The van der Waals surface area contributed by atoms with Crippen molar-refractivity contribution in [2.75, 3.05) is 0 Å². The number of rotatable bonds is 6. The van der Waals surface area contributed by atoms with Crippen LogP contribution in [0.5, 0.6) is 5.75 Å². The Balaban J connectivity index is 1.48. The molecular weight excluding hydrogens is 426 g/mol. The second-order valence-electron chi connectivity index (χ2n) is 7.06. The van der Waals surface area contributed by atoms with Crippen LogP contribution in [0.1, 0.15) is 16.7 Å². The topological polar surface area (TPSA) is 93.8 Å². The first-order valence-corrected chi connectivity index (χ1v) is 10.6. The van der Waals surface area contributed by atoms with Gasteiger partial charge < -0.3 is 10.1 Å². The first-order chi connectivity index (χ1) is 15.5. The number of nitrogens with one attached hydrogen (secondary N) is 1. The highest BCUT2D eigenvalue weighted by Gasteiger charge is 2.24. The van der Waals surface area contributed by atoms with E-state index in [4.69, 9.17) is 4.74 Å². The standard InChI is InChI=1S/C24H19N3O4S/c1-16-12-19(27(29)30)10-11-21(16)25-24-26-23(28)22(32-24)14-18-8-5-9-20(13-18)31-15-17-6-3-2-4-7-17/h2-14H,15H2,1H3,(H,25,26,28)/b22-14+. The summed E-state index contributed by atoms with van der Waals surface area (Å²) < 4.78 is 5.86. The van der Waals surface area contributed by atoms with Crippen LogP contribution in [0.15, 0.2) is 82.7 Å². The van der Waals surface area contributed by atoms with Crippen molar-refractivity contribution in [3.63, 3.8) is 0 Å². The quantitative estimate of drug-likeness (QED) is 0.313. The molecule has 32 heavy (non-hydrogen) atoms. The molecule has 0 bridgehead atoms. The number of nitro groups is 1. The predicted octanol–water partition coefficient (Wildman–Crippen LogP) is 5.37. The lowest BCUT2D eigenvalue weighted by Crippen LogP contribution is -2.19. The molecule has 1 aliphatic heterocycles. The molecule has 3 aromatic carbocycles. The molecule has 0 aliphatic carbocycles. The van der Waals surface area contributed by atoms with Crippen LogP contribution in [0.25, 0.3) is 6.08 Å². The second-order valence-corrected chi connectivity index (χ2v) is 8.09. The van der Waals surface area contributed by atoms with Crippen molar-refractivity contribution in [2.45, 2.75) is 13.5 Å². The highest BCUT2D eigenvalue weighted by atomic mass is 32.2. The first kappa shape index (κ1) is 21.3. The van der Waals surface area contributed by atoms with Crippen molar-refractivity contribution in [1.29, 1.82) is 0 Å². The van der Waals surface area contributed by atoms with Gasteiger partial charge in [0, 0.05) is 12.1 Å². The van der Waals surface area contributed by atoms with Crippen LogP contribution in [-0.4, -0.2) is 16.0 Å². The van der Waals surface area contributed by atoms with Gasteiger partial charge in [-0.3, -0.25) is 14.9 Å². The summed E-state index contributed by atoms with van der Waals surface area (Å²) in [6, 6.07) is 21.8. The zero-order chi connectivity index (χ0) is 22.5. The number of amidine groups is 1. The number of aliphatic imine (C=N–C) groups is 1. The Morgan fingerprint density at radius 3 is 2.66 bits per heavy atom. The number of hydrogen-bond donors (Lipinski definition) is 1. The maximum absolute atomic E-state index is 12.4. The summed E-state index contributed by atoms with van der Waals surface area (Å²) in [5.41, 5.74) is 3.13. The van der Waals surface area contributed by atoms with Gasteiger partial charge in [0.25, 0.3) is 11.6 Å². The van der Waals surface area contributed by atoms with E-state index in [9.17, 15) is 14.9 Å². The van der Waals surface area contributed by atoms with Crippen LogP contribution in [0.3, 0.4) is 0 Å². The molecule has 1 fully saturated rings. The van der Waals surface area contributed by atoms with Gasteiger partial charge in [0.15, 0.2) is 5.17 Å². The molecule has 1 aliphatic rings. The monoisotopic (exact) mass is 445 g/mol. The van der Waals surface area contributed by atoms with E-state index in [0.29, 0.717) is 33.7 Å². The first-order valence-electron chi connectivity index (χ1n) is 9.79. The van der Waals surface area contributed by atoms with Gasteiger partial charge in [-0.2, -0.15) is 0 Å². The molecule has 1 saturated heterocycles. The van der Waals surface area contributed by atoms with Crippen molar-refractivity contribution >= 4 is 40.3 Å². The Bertz CT molecular complexity index is 1240. The van der Waals surface area contributed by atoms with E-state index in [1.807, 2.05) is 54.6 Å². The fourth-order valence-electron chi connectivity index (χ4n) is 3.05. The van der Waals surface area contributed by atoms with Crippen LogP contribution in [-0.2, 0) is 11.4 Å². The van der Waals surface area contributed by atoms with Crippen LogP contribution in [0.2, 0.25) is 0 Å². The Labute approximate surface area is 189 Å². The summed E-state index contributed by atoms with van der Waals surface area (Å²) in [6.07, 6.45) is 1.78. The number of benzene rings is 3. The molecule has 0 atom stereocenters. The van der Waals surface area contributed by atoms with Gasteiger partial charge in [0.1, 0.15) is 12.4 Å². The maximum atomic E-state index is 12.4. The number of aryl methyl sites for hydroxylation is 1. The minimum atomic E-state index is -0.450. The van der Waals surface area contributed by atoms with Gasteiger partial charge in [0.2, 0.25) is 0 Å². The van der Waals surface area contributed by atoms with Crippen molar-refractivity contribution in [2.24, 2.45) is 4.99 Å². The van der Waals surface area contributed by atoms with Gasteiger partial charge in [-0.25, -0.2) is 4.99 Å². The molecule has 160 valence electrons. The number of nitrogens with zero attached hydrogens (tertiary/aromatic N) is 2. The van der Waals surface area contributed by atoms with Crippen molar-refractivity contribution in [3.05, 3.63) is 105 Å². The maximum Gasteiger partial charge on any atom is 0.269 e. The largest absolute Gasteiger partial charge is 0.489 e. The van der Waals surface area contributed by atoms with Crippen molar-refractivity contribution in [3.8, 4) is 5.75 Å². The molecule has 0 radical (unpaired) electrons. The zero-order valence-corrected chi connectivity index (χ0v) is 18.0. The van der Waals surface area contributed by atoms with Crippen LogP contribution < -0.4 is 10.1 Å². The Hall–Kier alpha value is -3.91. The minimum absolute atomic E-state index is 0.00418. The van der Waals surface area contributed by atoms with E-state index < -0.39 is 4.92 Å². The van der Waals surface area contributed by atoms with E-state index >= 15 is 0 Å². The van der Waals surface area contributed by atoms with Gasteiger partial charge in [0.05, 0.1) is 15.5 Å². The SMILES string of the molecule is Cc1cc([N+](=O)[O-])ccc1N=C1NC(=O)/C(=C\c2cccc(OCc3ccccc3)c2)S1. The number of ether oxygens (including phenoxy) is 1. The number of carbonyl (C=O) groups is 1. The van der Waals surface area contributed by atoms with E-state index in [1.165, 1.54) is 23.9 Å². The second kappa shape index (κ2) is 9.49. The molecule has 1 heterocycles. The molecule has 1 N–H and O–H groups in total. The number of nitro benzene ring substituents is 1. The fourth-order valence-corrected chi connectivity index (χ4v) is 3.89. The van der Waals surface area contributed by atoms with E-state index in [2.05, 4.69) is 10.3 Å². The number of thioether (sulfide) groups is 1. The number of amides is 1. The van der Waals surface area contributed by atoms with Crippen molar-refractivity contribution < 1.29 is 14.5 Å². The predicted molar refractivity (Wildman–Crippen MR) is 126 cm³/mol. The highest BCUT2D eigenvalue weighted by molar-refractivity contribution is 8.18. The summed E-state index contributed by atoms with van der Waals surface area (Å²) in [6.45, 7) is 2.20. The summed E-state index contributed by atoms with van der Waals surface area (Å²) in [5, 5.41) is 14.1. The summed E-state index contributed by atoms with van der Waals surface area (Å²) >= 11 is 1.22. The average Bonchev–Trinajstić information content (AvgIpc) is 3.13. The Morgan fingerprint density at radius 1 is 1.09 bits per heavy atom. The zero-order valence-electron chi connectivity index (χ0n) is 17.1. The molecule has 0 saturated carbocycles. The molecule has 0 unspecified atom stereocenters. The third-order valence-corrected chi connectivity index (χ3v) is 5.58. The van der Waals surface area contributed by atoms with Gasteiger partial charge in [-0.1, -0.05) is 42.5 Å². The average molecular weight is 446 g/mol. The molecular formula is C24H19N3O4S. The van der Waals surface area contributed by atoms with Crippen LogP contribution in [0, 0.1) is 17.0 Å². The normalized spacial score (nSPS) is 15.7. The molecule has 7 nitrogen and oxygen atoms in total. The smallest absolute Gasteiger partial charge is 0.269 e. The molecule has 1 amide bonds. The van der Waals surface area contributed by atoms with E-state index in [-0.39, 0.29) is 11.6 Å². The third kappa shape index (κ3) is 5.22. The summed E-state index contributed by atoms with van der Waals surface area (Å²) in [5.74, 6) is 0.464. The molecule has 3 aromatic rings. The third-order valence-electron chi connectivity index (χ3n) is 4.67. The van der Waals surface area contributed by atoms with Crippen LogP contribution >= 0.6 is 11.8 Å². The lowest BCUT2D eigenvalue weighted by atomic mass is 10.2.